The molecule has 5 rings (SSSR count). The summed E-state index contributed by atoms with van der Waals surface area (Å²) in [5.74, 6) is 1.43. The molecule has 0 unspecified atom stereocenters. The van der Waals surface area contributed by atoms with Crippen LogP contribution in [0, 0.1) is 11.3 Å². The second-order valence-electron chi connectivity index (χ2n) is 10.8. The average Bonchev–Trinajstić information content (AvgIpc) is 3.20. The highest BCUT2D eigenvalue weighted by Crippen LogP contribution is 2.53. The van der Waals surface area contributed by atoms with E-state index in [4.69, 9.17) is 4.74 Å². The monoisotopic (exact) mass is 435 g/mol. The number of aromatic nitrogens is 2. The summed E-state index contributed by atoms with van der Waals surface area (Å²) in [6.07, 6.45) is 9.82. The number of hydrogen-bond donors (Lipinski definition) is 1. The summed E-state index contributed by atoms with van der Waals surface area (Å²) < 4.78 is 6.54. The molecule has 0 spiro atoms. The lowest BCUT2D eigenvalue weighted by molar-refractivity contribution is -0.140. The van der Waals surface area contributed by atoms with Gasteiger partial charge in [-0.3, -0.25) is 9.89 Å². The molecule has 1 aliphatic heterocycles. The zero-order valence-electron chi connectivity index (χ0n) is 19.5. The number of hydrogen-bond acceptors (Lipinski definition) is 3. The summed E-state index contributed by atoms with van der Waals surface area (Å²) in [5.41, 5.74) is 2.75. The van der Waals surface area contributed by atoms with E-state index in [1.807, 2.05) is 6.20 Å². The highest BCUT2D eigenvalue weighted by Gasteiger charge is 2.53. The van der Waals surface area contributed by atoms with Crippen LogP contribution < -0.4 is 0 Å². The lowest BCUT2D eigenvalue weighted by Crippen LogP contribution is -2.51. The molecule has 2 aromatic rings. The highest BCUT2D eigenvalue weighted by atomic mass is 16.5. The lowest BCUT2D eigenvalue weighted by Gasteiger charge is -2.42. The minimum absolute atomic E-state index is 0.0972. The maximum Gasteiger partial charge on any atom is 0.226 e. The molecule has 1 N–H and O–H groups in total. The molecule has 3 aliphatic rings. The van der Waals surface area contributed by atoms with Gasteiger partial charge in [-0.25, -0.2) is 0 Å². The number of nitrogens with zero attached hydrogens (tertiary/aromatic N) is 2. The number of aromatic amines is 1. The van der Waals surface area contributed by atoms with Crippen LogP contribution in [0.1, 0.15) is 81.9 Å². The topological polar surface area (TPSA) is 58.2 Å². The Morgan fingerprint density at radius 2 is 1.88 bits per heavy atom. The van der Waals surface area contributed by atoms with Gasteiger partial charge in [0.05, 0.1) is 18.8 Å². The fourth-order valence-corrected chi connectivity index (χ4v) is 5.98. The Morgan fingerprint density at radius 1 is 1.12 bits per heavy atom. The Labute approximate surface area is 191 Å². The number of piperidine rings is 1. The van der Waals surface area contributed by atoms with Gasteiger partial charge in [0.15, 0.2) is 0 Å². The molecule has 5 nitrogen and oxygen atoms in total. The van der Waals surface area contributed by atoms with Crippen LogP contribution >= 0.6 is 0 Å². The Hall–Kier alpha value is -2.14. The standard InChI is InChI=1S/C27H37N3O2/c1-27(2)17-23(27)26(31)30-16-6-9-22(24-14-15-28-29-24)25(30)18-32-21-12-10-20(11-13-21)19-7-4-3-5-8-19/h3-5,7-8,14-15,20-23,25H,6,9-13,16-18H2,1-2H3,(H,28,29)/t20?,21?,22-,23+,25+/m1/s1. The largest absolute Gasteiger partial charge is 0.376 e. The summed E-state index contributed by atoms with van der Waals surface area (Å²) in [5, 5.41) is 7.37. The maximum absolute atomic E-state index is 13.4. The SMILES string of the molecule is CC1(C)C[C@H]1C(=O)N1CCC[C@H](c2ccn[nH]2)[C@@H]1COC1CCC(c2ccccc2)CC1. The third-order valence-corrected chi connectivity index (χ3v) is 8.24. The molecule has 32 heavy (non-hydrogen) atoms. The normalized spacial score (nSPS) is 31.9. The van der Waals surface area contributed by atoms with Crippen molar-refractivity contribution < 1.29 is 9.53 Å². The third kappa shape index (κ3) is 4.50. The smallest absolute Gasteiger partial charge is 0.226 e. The third-order valence-electron chi connectivity index (χ3n) is 8.24. The van der Waals surface area contributed by atoms with E-state index in [1.54, 1.807) is 0 Å². The minimum atomic E-state index is 0.0972. The van der Waals surface area contributed by atoms with Crippen LogP contribution in [0.25, 0.3) is 0 Å². The van der Waals surface area contributed by atoms with Crippen LogP contribution in [0.5, 0.6) is 0 Å². The fourth-order valence-electron chi connectivity index (χ4n) is 5.98. The van der Waals surface area contributed by atoms with Gasteiger partial charge in [-0.1, -0.05) is 44.2 Å². The summed E-state index contributed by atoms with van der Waals surface area (Å²) >= 11 is 0. The molecule has 2 saturated carbocycles. The van der Waals surface area contributed by atoms with Crippen LogP contribution in [-0.4, -0.2) is 46.3 Å². The van der Waals surface area contributed by atoms with Crippen molar-refractivity contribution in [2.75, 3.05) is 13.2 Å². The Morgan fingerprint density at radius 3 is 2.53 bits per heavy atom. The Balaban J connectivity index is 1.24. The van der Waals surface area contributed by atoms with Gasteiger partial charge in [-0.15, -0.1) is 0 Å². The van der Waals surface area contributed by atoms with Gasteiger partial charge >= 0.3 is 0 Å². The molecule has 172 valence electrons. The first-order valence-electron chi connectivity index (χ1n) is 12.5. The molecule has 3 atom stereocenters. The van der Waals surface area contributed by atoms with E-state index in [1.165, 1.54) is 18.4 Å². The molecule has 0 bridgehead atoms. The second kappa shape index (κ2) is 9.01. The quantitative estimate of drug-likeness (QED) is 0.672. The minimum Gasteiger partial charge on any atom is -0.376 e. The van der Waals surface area contributed by atoms with Crippen molar-refractivity contribution in [2.45, 2.75) is 82.8 Å². The van der Waals surface area contributed by atoms with E-state index in [0.29, 0.717) is 24.5 Å². The average molecular weight is 436 g/mol. The van der Waals surface area contributed by atoms with E-state index >= 15 is 0 Å². The molecule has 1 amide bonds. The van der Waals surface area contributed by atoms with Crippen molar-refractivity contribution in [1.29, 1.82) is 0 Å². The van der Waals surface area contributed by atoms with Crippen LogP contribution in [0.15, 0.2) is 42.6 Å². The van der Waals surface area contributed by atoms with Gasteiger partial charge in [0.2, 0.25) is 5.91 Å². The van der Waals surface area contributed by atoms with Crippen molar-refractivity contribution in [2.24, 2.45) is 11.3 Å². The number of carbonyl (C=O) groups excluding carboxylic acids is 1. The van der Waals surface area contributed by atoms with Crippen molar-refractivity contribution in [3.8, 4) is 0 Å². The molecular weight excluding hydrogens is 398 g/mol. The van der Waals surface area contributed by atoms with Crippen molar-refractivity contribution >= 4 is 5.91 Å². The summed E-state index contributed by atoms with van der Waals surface area (Å²) in [4.78, 5) is 15.6. The van der Waals surface area contributed by atoms with Crippen LogP contribution in [0.2, 0.25) is 0 Å². The number of rotatable bonds is 6. The molecule has 2 aliphatic carbocycles. The zero-order valence-corrected chi connectivity index (χ0v) is 19.5. The number of likely N-dealkylation sites (tertiary alicyclic amines) is 1. The summed E-state index contributed by atoms with van der Waals surface area (Å²) in [7, 11) is 0. The van der Waals surface area contributed by atoms with Gasteiger partial charge in [0.1, 0.15) is 0 Å². The van der Waals surface area contributed by atoms with Gasteiger partial charge in [0.25, 0.3) is 0 Å². The molecule has 2 heterocycles. The Kier molecular flexibility index (Phi) is 6.11. The fraction of sp³-hybridized carbons (Fsp3) is 0.630. The number of ether oxygens (including phenoxy) is 1. The summed E-state index contributed by atoms with van der Waals surface area (Å²) in [6, 6.07) is 13.1. The molecule has 0 radical (unpaired) electrons. The molecule has 1 aromatic heterocycles. The molecule has 3 fully saturated rings. The zero-order chi connectivity index (χ0) is 22.1. The van der Waals surface area contributed by atoms with E-state index in [0.717, 1.165) is 44.3 Å². The first-order chi connectivity index (χ1) is 15.5. The first kappa shape index (κ1) is 21.7. The molecular formula is C27H37N3O2. The van der Waals surface area contributed by atoms with Gasteiger partial charge in [0, 0.05) is 30.3 Å². The van der Waals surface area contributed by atoms with Gasteiger partial charge in [-0.2, -0.15) is 5.10 Å². The predicted molar refractivity (Wildman–Crippen MR) is 125 cm³/mol. The predicted octanol–water partition coefficient (Wildman–Crippen LogP) is 5.27. The van der Waals surface area contributed by atoms with E-state index in [2.05, 4.69) is 65.3 Å². The molecule has 5 heteroatoms. The van der Waals surface area contributed by atoms with Crippen LogP contribution in [0.4, 0.5) is 0 Å². The molecule has 1 aromatic carbocycles. The van der Waals surface area contributed by atoms with Gasteiger partial charge in [-0.05, 0) is 67.9 Å². The number of nitrogens with one attached hydrogen (secondary N) is 1. The second-order valence-corrected chi connectivity index (χ2v) is 10.8. The highest BCUT2D eigenvalue weighted by molar-refractivity contribution is 5.83. The van der Waals surface area contributed by atoms with Crippen LogP contribution in [-0.2, 0) is 9.53 Å². The number of amides is 1. The first-order valence-corrected chi connectivity index (χ1v) is 12.5. The van der Waals surface area contributed by atoms with Crippen LogP contribution in [0.3, 0.4) is 0 Å². The lowest BCUT2D eigenvalue weighted by atomic mass is 9.82. The van der Waals surface area contributed by atoms with Gasteiger partial charge < -0.3 is 9.64 Å². The van der Waals surface area contributed by atoms with E-state index < -0.39 is 0 Å². The molecule has 1 saturated heterocycles. The maximum atomic E-state index is 13.4. The Bertz CT molecular complexity index is 887. The number of carbonyl (C=O) groups is 1. The van der Waals surface area contributed by atoms with Crippen molar-refractivity contribution in [1.82, 2.24) is 15.1 Å². The van der Waals surface area contributed by atoms with Crippen molar-refractivity contribution in [3.05, 3.63) is 53.9 Å². The number of H-pyrrole nitrogens is 1. The van der Waals surface area contributed by atoms with Crippen molar-refractivity contribution in [3.63, 3.8) is 0 Å². The van der Waals surface area contributed by atoms with E-state index in [9.17, 15) is 4.79 Å². The van der Waals surface area contributed by atoms with E-state index in [-0.39, 0.29) is 23.3 Å². The number of benzene rings is 1. The summed E-state index contributed by atoms with van der Waals surface area (Å²) in [6.45, 7) is 5.90.